The third-order valence-corrected chi connectivity index (χ3v) is 2.65. The molecule has 1 heterocycles. The molecule has 100 valence electrons. The second-order valence-electron chi connectivity index (χ2n) is 4.34. The summed E-state index contributed by atoms with van der Waals surface area (Å²) in [5.74, 6) is -0.879. The summed E-state index contributed by atoms with van der Waals surface area (Å²) in [7, 11) is 1.82. The highest BCUT2D eigenvalue weighted by Gasteiger charge is 2.10. The average Bonchev–Trinajstić information content (AvgIpc) is 2.71. The molecule has 1 aromatic rings. The Morgan fingerprint density at radius 2 is 2.11 bits per heavy atom. The number of amides is 1. The van der Waals surface area contributed by atoms with Gasteiger partial charge < -0.3 is 10.4 Å². The van der Waals surface area contributed by atoms with Gasteiger partial charge in [0, 0.05) is 31.6 Å². The zero-order valence-corrected chi connectivity index (χ0v) is 10.7. The number of hydrogen-bond donors (Lipinski definition) is 2. The predicted octanol–water partition coefficient (Wildman–Crippen LogP) is 1.24. The highest BCUT2D eigenvalue weighted by Crippen LogP contribution is 2.11. The van der Waals surface area contributed by atoms with Crippen molar-refractivity contribution >= 4 is 11.9 Å². The first-order valence-electron chi connectivity index (χ1n) is 5.98. The Labute approximate surface area is 106 Å². The van der Waals surface area contributed by atoms with E-state index in [0.717, 1.165) is 5.56 Å². The average molecular weight is 253 g/mol. The summed E-state index contributed by atoms with van der Waals surface area (Å²) >= 11 is 0. The van der Waals surface area contributed by atoms with Gasteiger partial charge in [-0.05, 0) is 19.8 Å². The topological polar surface area (TPSA) is 84.2 Å². The van der Waals surface area contributed by atoms with Gasteiger partial charge in [-0.2, -0.15) is 5.10 Å². The van der Waals surface area contributed by atoms with Crippen molar-refractivity contribution in [2.45, 2.75) is 38.6 Å². The number of nitrogens with zero attached hydrogens (tertiary/aromatic N) is 2. The van der Waals surface area contributed by atoms with Crippen molar-refractivity contribution in [1.82, 2.24) is 15.1 Å². The van der Waals surface area contributed by atoms with E-state index in [1.807, 2.05) is 20.2 Å². The minimum atomic E-state index is -0.820. The standard InChI is InChI=1S/C12H19N3O3/c1-9(10-7-13-15(2)8-10)14-11(16)5-3-4-6-12(17)18/h7-9H,3-6H2,1-2H3,(H,14,16)(H,17,18). The molecule has 18 heavy (non-hydrogen) atoms. The first-order valence-corrected chi connectivity index (χ1v) is 5.98. The van der Waals surface area contributed by atoms with Gasteiger partial charge in [-0.1, -0.05) is 0 Å². The van der Waals surface area contributed by atoms with Gasteiger partial charge in [0.05, 0.1) is 12.2 Å². The van der Waals surface area contributed by atoms with Crippen molar-refractivity contribution in [3.05, 3.63) is 18.0 Å². The van der Waals surface area contributed by atoms with Gasteiger partial charge in [-0.25, -0.2) is 0 Å². The summed E-state index contributed by atoms with van der Waals surface area (Å²) in [6.07, 6.45) is 5.18. The molecule has 1 atom stereocenters. The number of carboxylic acid groups (broad SMARTS) is 1. The normalized spacial score (nSPS) is 12.1. The molecule has 0 aromatic carbocycles. The van der Waals surface area contributed by atoms with Crippen LogP contribution in [0.5, 0.6) is 0 Å². The summed E-state index contributed by atoms with van der Waals surface area (Å²) in [6, 6.07) is -0.0781. The fraction of sp³-hybridized carbons (Fsp3) is 0.583. The molecule has 1 aromatic heterocycles. The Bertz CT molecular complexity index is 414. The van der Waals surface area contributed by atoms with E-state index in [-0.39, 0.29) is 18.4 Å². The van der Waals surface area contributed by atoms with Crippen LogP contribution in [0.4, 0.5) is 0 Å². The van der Waals surface area contributed by atoms with Crippen LogP contribution in [0.2, 0.25) is 0 Å². The monoisotopic (exact) mass is 253 g/mol. The summed E-state index contributed by atoms with van der Waals surface area (Å²) in [5.41, 5.74) is 0.955. The van der Waals surface area contributed by atoms with E-state index >= 15 is 0 Å². The minimum absolute atomic E-state index is 0.0586. The van der Waals surface area contributed by atoms with Crippen molar-refractivity contribution in [2.24, 2.45) is 7.05 Å². The number of aromatic nitrogens is 2. The first kappa shape index (κ1) is 14.2. The zero-order chi connectivity index (χ0) is 13.5. The largest absolute Gasteiger partial charge is 0.481 e. The highest BCUT2D eigenvalue weighted by molar-refractivity contribution is 5.76. The van der Waals surface area contributed by atoms with Crippen LogP contribution in [-0.4, -0.2) is 26.8 Å². The first-order chi connectivity index (χ1) is 8.49. The van der Waals surface area contributed by atoms with Gasteiger partial charge >= 0.3 is 5.97 Å². The lowest BCUT2D eigenvalue weighted by atomic mass is 10.1. The van der Waals surface area contributed by atoms with E-state index in [4.69, 9.17) is 5.11 Å². The van der Waals surface area contributed by atoms with Gasteiger partial charge in [0.2, 0.25) is 5.91 Å². The molecule has 0 saturated carbocycles. The number of carboxylic acids is 1. The molecule has 0 aliphatic heterocycles. The zero-order valence-electron chi connectivity index (χ0n) is 10.7. The quantitative estimate of drug-likeness (QED) is 0.716. The summed E-state index contributed by atoms with van der Waals surface area (Å²) in [5, 5.41) is 15.4. The number of hydrogen-bond acceptors (Lipinski definition) is 3. The van der Waals surface area contributed by atoms with Crippen LogP contribution in [0.25, 0.3) is 0 Å². The van der Waals surface area contributed by atoms with Crippen LogP contribution in [-0.2, 0) is 16.6 Å². The Kier molecular flexibility index (Phi) is 5.35. The molecular weight excluding hydrogens is 234 g/mol. The molecule has 2 N–H and O–H groups in total. The fourth-order valence-corrected chi connectivity index (χ4v) is 1.62. The SMILES string of the molecule is CC(NC(=O)CCCCC(=O)O)c1cnn(C)c1. The molecule has 6 nitrogen and oxygen atoms in total. The van der Waals surface area contributed by atoms with Gasteiger partial charge in [-0.15, -0.1) is 0 Å². The lowest BCUT2D eigenvalue weighted by Gasteiger charge is -2.11. The predicted molar refractivity (Wildman–Crippen MR) is 65.9 cm³/mol. The third-order valence-electron chi connectivity index (χ3n) is 2.65. The second-order valence-corrected chi connectivity index (χ2v) is 4.34. The van der Waals surface area contributed by atoms with Gasteiger partial charge in [0.1, 0.15) is 0 Å². The lowest BCUT2D eigenvalue weighted by Crippen LogP contribution is -2.26. The van der Waals surface area contributed by atoms with Crippen molar-refractivity contribution in [1.29, 1.82) is 0 Å². The van der Waals surface area contributed by atoms with Crippen molar-refractivity contribution in [2.75, 3.05) is 0 Å². The van der Waals surface area contributed by atoms with E-state index in [0.29, 0.717) is 19.3 Å². The van der Waals surface area contributed by atoms with Gasteiger partial charge in [0.15, 0.2) is 0 Å². The Hall–Kier alpha value is -1.85. The van der Waals surface area contributed by atoms with Gasteiger partial charge in [-0.3, -0.25) is 14.3 Å². The van der Waals surface area contributed by atoms with E-state index in [1.165, 1.54) is 0 Å². The molecule has 0 radical (unpaired) electrons. The van der Waals surface area contributed by atoms with E-state index in [9.17, 15) is 9.59 Å². The van der Waals surface area contributed by atoms with E-state index in [1.54, 1.807) is 10.9 Å². The van der Waals surface area contributed by atoms with Crippen LogP contribution >= 0.6 is 0 Å². The number of aryl methyl sites for hydroxylation is 1. The molecule has 1 unspecified atom stereocenters. The van der Waals surface area contributed by atoms with Crippen molar-refractivity contribution in [3.63, 3.8) is 0 Å². The van der Waals surface area contributed by atoms with Crippen LogP contribution < -0.4 is 5.32 Å². The fourth-order valence-electron chi connectivity index (χ4n) is 1.62. The third kappa shape index (κ3) is 4.99. The maximum atomic E-state index is 11.6. The van der Waals surface area contributed by atoms with E-state index in [2.05, 4.69) is 10.4 Å². The number of aliphatic carboxylic acids is 1. The Morgan fingerprint density at radius 3 is 2.67 bits per heavy atom. The number of rotatable bonds is 7. The summed E-state index contributed by atoms with van der Waals surface area (Å²) in [4.78, 5) is 21.9. The lowest BCUT2D eigenvalue weighted by molar-refractivity contribution is -0.137. The van der Waals surface area contributed by atoms with Crippen molar-refractivity contribution in [3.8, 4) is 0 Å². The molecule has 0 aliphatic rings. The Morgan fingerprint density at radius 1 is 1.44 bits per heavy atom. The maximum absolute atomic E-state index is 11.6. The van der Waals surface area contributed by atoms with Crippen LogP contribution in [0.1, 0.15) is 44.2 Å². The number of carbonyl (C=O) groups is 2. The molecular formula is C12H19N3O3. The maximum Gasteiger partial charge on any atom is 0.303 e. The van der Waals surface area contributed by atoms with Crippen LogP contribution in [0.15, 0.2) is 12.4 Å². The minimum Gasteiger partial charge on any atom is -0.481 e. The molecule has 0 fully saturated rings. The molecule has 0 saturated heterocycles. The molecule has 0 aliphatic carbocycles. The number of carbonyl (C=O) groups excluding carboxylic acids is 1. The molecule has 0 spiro atoms. The highest BCUT2D eigenvalue weighted by atomic mass is 16.4. The number of nitrogens with one attached hydrogen (secondary N) is 1. The number of unbranched alkanes of at least 4 members (excludes halogenated alkanes) is 1. The summed E-state index contributed by atoms with van der Waals surface area (Å²) < 4.78 is 1.69. The van der Waals surface area contributed by atoms with Gasteiger partial charge in [0.25, 0.3) is 0 Å². The van der Waals surface area contributed by atoms with Crippen LogP contribution in [0, 0.1) is 0 Å². The molecule has 0 bridgehead atoms. The molecule has 6 heteroatoms. The van der Waals surface area contributed by atoms with Crippen LogP contribution in [0.3, 0.4) is 0 Å². The van der Waals surface area contributed by atoms with Crippen molar-refractivity contribution < 1.29 is 14.7 Å². The Balaban J connectivity index is 2.25. The smallest absolute Gasteiger partial charge is 0.303 e. The second kappa shape index (κ2) is 6.78. The summed E-state index contributed by atoms with van der Waals surface area (Å²) in [6.45, 7) is 1.90. The molecule has 1 amide bonds. The van der Waals surface area contributed by atoms with E-state index < -0.39 is 5.97 Å². The molecule has 1 rings (SSSR count).